The van der Waals surface area contributed by atoms with E-state index in [9.17, 15) is 0 Å². The SMILES string of the molecule is OB(Cl)I. The van der Waals surface area contributed by atoms with Crippen molar-refractivity contribution in [2.24, 2.45) is 0 Å². The molecule has 1 nitrogen and oxygen atoms in total. The van der Waals surface area contributed by atoms with Gasteiger partial charge in [-0.3, -0.25) is 0 Å². The van der Waals surface area contributed by atoms with Crippen molar-refractivity contribution in [2.75, 3.05) is 0 Å². The van der Waals surface area contributed by atoms with Gasteiger partial charge in [-0.2, -0.15) is 0 Å². The molecule has 0 aliphatic carbocycles. The van der Waals surface area contributed by atoms with Gasteiger partial charge in [0.05, 0.1) is 0 Å². The summed E-state index contributed by atoms with van der Waals surface area (Å²) in [7, 11) is 0. The average molecular weight is 190 g/mol. The number of rotatable bonds is 0. The predicted octanol–water partition coefficient (Wildman–Crippen LogP) is 0.637. The molecule has 0 saturated carbocycles. The molecule has 0 aliphatic heterocycles. The van der Waals surface area contributed by atoms with Gasteiger partial charge >= 0.3 is 4.19 Å². The van der Waals surface area contributed by atoms with Crippen LogP contribution in [0.1, 0.15) is 0 Å². The maximum absolute atomic E-state index is 7.81. The standard InChI is InChI=1S/BClHIO/c2-1(3)4/h4H. The van der Waals surface area contributed by atoms with E-state index < -0.39 is 4.19 Å². The Balaban J connectivity index is 2.32. The lowest BCUT2D eigenvalue weighted by Gasteiger charge is -1.65. The molecule has 0 aromatic carbocycles. The third kappa shape index (κ3) is 11.7. The van der Waals surface area contributed by atoms with Crippen LogP contribution in [0.3, 0.4) is 0 Å². The fourth-order valence-electron chi connectivity index (χ4n) is 0. The molecule has 0 heterocycles. The summed E-state index contributed by atoms with van der Waals surface area (Å²) in [6, 6.07) is 0. The topological polar surface area (TPSA) is 20.2 Å². The molecule has 0 aliphatic rings. The van der Waals surface area contributed by atoms with E-state index in [0.29, 0.717) is 0 Å². The minimum absolute atomic E-state index is 0.724. The van der Waals surface area contributed by atoms with Crippen LogP contribution < -0.4 is 0 Å². The van der Waals surface area contributed by atoms with Crippen molar-refractivity contribution in [2.45, 2.75) is 0 Å². The van der Waals surface area contributed by atoms with Crippen LogP contribution in [0, 0.1) is 0 Å². The first-order chi connectivity index (χ1) is 1.73. The number of halogens is 2. The van der Waals surface area contributed by atoms with Crippen molar-refractivity contribution in [1.29, 1.82) is 0 Å². The summed E-state index contributed by atoms with van der Waals surface area (Å²) in [4.78, 5) is 0. The molecular formula is HBClIO. The Bertz CT molecular complexity index is 12.8. The zero-order valence-electron chi connectivity index (χ0n) is 1.78. The van der Waals surface area contributed by atoms with Crippen LogP contribution in [0.5, 0.6) is 0 Å². The Kier molecular flexibility index (Phi) is 2.89. The molecule has 0 spiro atoms. The first kappa shape index (κ1) is 5.04. The third-order valence-corrected chi connectivity index (χ3v) is 0. The quantitative estimate of drug-likeness (QED) is 0.439. The second-order valence-electron chi connectivity index (χ2n) is 0.278. The van der Waals surface area contributed by atoms with Gasteiger partial charge in [0, 0.05) is 0 Å². The maximum Gasteiger partial charge on any atom is 0.469 e. The van der Waals surface area contributed by atoms with E-state index in [2.05, 4.69) is 0 Å². The van der Waals surface area contributed by atoms with Crippen molar-refractivity contribution < 1.29 is 5.02 Å². The van der Waals surface area contributed by atoms with Crippen LogP contribution >= 0.6 is 33.8 Å². The molecule has 0 rings (SSSR count). The van der Waals surface area contributed by atoms with Crippen LogP contribution in [0.2, 0.25) is 0 Å². The van der Waals surface area contributed by atoms with E-state index >= 15 is 0 Å². The zero-order valence-corrected chi connectivity index (χ0v) is 4.69. The Morgan fingerprint density at radius 2 is 2.00 bits per heavy atom. The highest BCUT2D eigenvalue weighted by atomic mass is 127. The summed E-state index contributed by atoms with van der Waals surface area (Å²) in [6.45, 7) is 0. The van der Waals surface area contributed by atoms with E-state index in [0.717, 1.165) is 0 Å². The summed E-state index contributed by atoms with van der Waals surface area (Å²) < 4.78 is -0.724. The molecular weight excluding hydrogens is 189 g/mol. The monoisotopic (exact) mass is 190 g/mol. The normalized spacial score (nSPS) is 6.75. The first-order valence-corrected chi connectivity index (χ1v) is 2.38. The van der Waals surface area contributed by atoms with Crippen LogP contribution in [0.15, 0.2) is 0 Å². The lowest BCUT2D eigenvalue weighted by molar-refractivity contribution is 0.619. The molecule has 4 heteroatoms. The minimum atomic E-state index is -0.724. The van der Waals surface area contributed by atoms with E-state index in [1.165, 1.54) is 0 Å². The summed E-state index contributed by atoms with van der Waals surface area (Å²) in [6.07, 6.45) is 0. The first-order valence-electron chi connectivity index (χ1n) is 0.695. The van der Waals surface area contributed by atoms with Crippen molar-refractivity contribution in [3.05, 3.63) is 0 Å². The van der Waals surface area contributed by atoms with E-state index in [1.807, 2.05) is 0 Å². The summed E-state index contributed by atoms with van der Waals surface area (Å²) in [5.41, 5.74) is 0. The Labute approximate surface area is 43.2 Å². The van der Waals surface area contributed by atoms with Gasteiger partial charge in [-0.1, -0.05) is 22.4 Å². The van der Waals surface area contributed by atoms with Gasteiger partial charge in [0.25, 0.3) is 0 Å². The number of hydrogen-bond acceptors (Lipinski definition) is 1. The third-order valence-electron chi connectivity index (χ3n) is 0. The molecule has 0 radical (unpaired) electrons. The molecule has 0 bridgehead atoms. The summed E-state index contributed by atoms with van der Waals surface area (Å²) >= 11 is 6.48. The molecule has 24 valence electrons. The fourth-order valence-corrected chi connectivity index (χ4v) is 0. The van der Waals surface area contributed by atoms with Crippen molar-refractivity contribution in [3.8, 4) is 0 Å². The molecule has 0 aromatic rings. The molecule has 0 amide bonds. The Morgan fingerprint density at radius 3 is 2.00 bits per heavy atom. The van der Waals surface area contributed by atoms with E-state index in [4.69, 9.17) is 16.5 Å². The molecule has 1 N–H and O–H groups in total. The minimum Gasteiger partial charge on any atom is -0.429 e. The van der Waals surface area contributed by atoms with Crippen molar-refractivity contribution in [1.82, 2.24) is 0 Å². The largest absolute Gasteiger partial charge is 0.469 e. The highest BCUT2D eigenvalue weighted by molar-refractivity contribution is 14.1. The average Bonchev–Trinajstić information content (AvgIpc) is 0.811. The Morgan fingerprint density at radius 1 is 2.00 bits per heavy atom. The van der Waals surface area contributed by atoms with E-state index in [-0.39, 0.29) is 0 Å². The van der Waals surface area contributed by atoms with Crippen LogP contribution in [-0.4, -0.2) is 9.21 Å². The second-order valence-corrected chi connectivity index (χ2v) is 2.61. The summed E-state index contributed by atoms with van der Waals surface area (Å²) in [5, 5.41) is 7.81. The van der Waals surface area contributed by atoms with Crippen LogP contribution in [0.25, 0.3) is 0 Å². The van der Waals surface area contributed by atoms with Gasteiger partial charge < -0.3 is 5.02 Å². The molecule has 0 unspecified atom stereocenters. The highest BCUT2D eigenvalue weighted by Crippen LogP contribution is 1.90. The van der Waals surface area contributed by atoms with Gasteiger partial charge in [0.1, 0.15) is 0 Å². The van der Waals surface area contributed by atoms with Gasteiger partial charge in [-0.25, -0.2) is 0 Å². The molecule has 0 fully saturated rings. The zero-order chi connectivity index (χ0) is 3.58. The summed E-state index contributed by atoms with van der Waals surface area (Å²) in [5.74, 6) is 0. The highest BCUT2D eigenvalue weighted by Gasteiger charge is 1.90. The van der Waals surface area contributed by atoms with E-state index in [1.54, 1.807) is 22.4 Å². The molecule has 0 saturated heterocycles. The van der Waals surface area contributed by atoms with Crippen LogP contribution in [0.4, 0.5) is 0 Å². The van der Waals surface area contributed by atoms with Crippen LogP contribution in [-0.2, 0) is 0 Å². The molecule has 0 aromatic heterocycles. The Hall–Kier alpha value is 1.04. The van der Waals surface area contributed by atoms with Crippen molar-refractivity contribution >= 4 is 38.0 Å². The van der Waals surface area contributed by atoms with Gasteiger partial charge in [-0.05, 0) is 0 Å². The van der Waals surface area contributed by atoms with Gasteiger partial charge in [0.15, 0.2) is 0 Å². The molecule has 4 heavy (non-hydrogen) atoms. The fraction of sp³-hybridized carbons (Fsp3) is 0. The number of hydrogen-bond donors (Lipinski definition) is 1. The van der Waals surface area contributed by atoms with Gasteiger partial charge in [-0.15, -0.1) is 11.5 Å². The van der Waals surface area contributed by atoms with Crippen molar-refractivity contribution in [3.63, 3.8) is 0 Å². The lowest BCUT2D eigenvalue weighted by atomic mass is 10.6. The molecule has 0 atom stereocenters. The van der Waals surface area contributed by atoms with Gasteiger partial charge in [0.2, 0.25) is 0 Å². The second kappa shape index (κ2) is 2.29. The lowest BCUT2D eigenvalue weighted by Crippen LogP contribution is -1.81. The predicted molar refractivity (Wildman–Crippen MR) is 27.8 cm³/mol. The smallest absolute Gasteiger partial charge is 0.429 e. The maximum atomic E-state index is 7.81.